The number of nitrogens with zero attached hydrogens (tertiary/aromatic N) is 2. The number of hydrogen-bond acceptors (Lipinski definition) is 6. The summed E-state index contributed by atoms with van der Waals surface area (Å²) in [6.45, 7) is 9.74. The van der Waals surface area contributed by atoms with Crippen LogP contribution < -0.4 is 19.1 Å². The Labute approximate surface area is 248 Å². The molecule has 0 aromatic heterocycles. The summed E-state index contributed by atoms with van der Waals surface area (Å²) in [5.41, 5.74) is 1.56. The molecule has 0 fully saturated rings. The van der Waals surface area contributed by atoms with E-state index in [0.29, 0.717) is 31.1 Å². The van der Waals surface area contributed by atoms with Gasteiger partial charge >= 0.3 is 0 Å². The summed E-state index contributed by atoms with van der Waals surface area (Å²) in [5.74, 6) is 0.0824. The van der Waals surface area contributed by atoms with Gasteiger partial charge in [0.15, 0.2) is 11.5 Å². The summed E-state index contributed by atoms with van der Waals surface area (Å²) in [7, 11) is -4.18. The van der Waals surface area contributed by atoms with E-state index in [9.17, 15) is 18.0 Å². The lowest BCUT2D eigenvalue weighted by atomic mass is 10.0. The number of carbonyl (C=O) groups excluding carboxylic acids is 2. The number of amides is 2. The average Bonchev–Trinajstić information content (AvgIpc) is 2.96. The number of aryl methyl sites for hydroxylation is 1. The molecule has 0 aliphatic carbocycles. The Hall–Kier alpha value is -4.05. The van der Waals surface area contributed by atoms with E-state index in [1.54, 1.807) is 36.4 Å². The van der Waals surface area contributed by atoms with Crippen molar-refractivity contribution in [3.63, 3.8) is 0 Å². The van der Waals surface area contributed by atoms with Crippen molar-refractivity contribution in [1.29, 1.82) is 0 Å². The summed E-state index contributed by atoms with van der Waals surface area (Å²) in [5, 5.41) is 2.99. The maximum absolute atomic E-state index is 14.3. The summed E-state index contributed by atoms with van der Waals surface area (Å²) in [6, 6.07) is 19.6. The molecular weight excluding hydrogens is 554 g/mol. The molecule has 0 saturated heterocycles. The fourth-order valence-electron chi connectivity index (χ4n) is 4.78. The topological polar surface area (TPSA) is 105 Å². The van der Waals surface area contributed by atoms with Crippen molar-refractivity contribution in [2.75, 3.05) is 24.1 Å². The lowest BCUT2D eigenvalue weighted by Crippen LogP contribution is -2.55. The first-order chi connectivity index (χ1) is 19.9. The highest BCUT2D eigenvalue weighted by atomic mass is 32.2. The molecule has 0 spiro atoms. The van der Waals surface area contributed by atoms with Gasteiger partial charge in [-0.1, -0.05) is 49.4 Å². The largest absolute Gasteiger partial charge is 0.486 e. The summed E-state index contributed by atoms with van der Waals surface area (Å²) in [6.07, 6.45) is 0.342. The van der Waals surface area contributed by atoms with E-state index in [1.807, 2.05) is 58.9 Å². The molecule has 224 valence electrons. The summed E-state index contributed by atoms with van der Waals surface area (Å²) >= 11 is 0. The number of rotatable bonds is 10. The molecule has 42 heavy (non-hydrogen) atoms. The highest BCUT2D eigenvalue weighted by Gasteiger charge is 2.35. The SMILES string of the molecule is CC[C@H](C(=O)NC(C)(C)C)N(Cc1ccccc1C)C(=O)CN(c1ccc2c(c1)OCCO2)S(=O)(=O)c1ccccc1. The van der Waals surface area contributed by atoms with Crippen LogP contribution in [0.15, 0.2) is 77.7 Å². The maximum atomic E-state index is 14.3. The highest BCUT2D eigenvalue weighted by Crippen LogP contribution is 2.36. The number of benzene rings is 3. The molecule has 1 heterocycles. The summed E-state index contributed by atoms with van der Waals surface area (Å²) < 4.78 is 40.5. The summed E-state index contributed by atoms with van der Waals surface area (Å²) in [4.78, 5) is 29.3. The second-order valence-electron chi connectivity index (χ2n) is 11.3. The van der Waals surface area contributed by atoms with Crippen LogP contribution in [0.1, 0.15) is 45.2 Å². The highest BCUT2D eigenvalue weighted by molar-refractivity contribution is 7.92. The molecule has 0 saturated carbocycles. The minimum Gasteiger partial charge on any atom is -0.486 e. The Morgan fingerprint density at radius 2 is 1.57 bits per heavy atom. The fraction of sp³-hybridized carbons (Fsp3) is 0.375. The molecule has 1 N–H and O–H groups in total. The van der Waals surface area contributed by atoms with Gasteiger partial charge in [-0.15, -0.1) is 0 Å². The molecule has 3 aromatic rings. The van der Waals surface area contributed by atoms with Crippen molar-refractivity contribution in [3.8, 4) is 11.5 Å². The van der Waals surface area contributed by atoms with Crippen molar-refractivity contribution >= 4 is 27.5 Å². The molecule has 0 unspecified atom stereocenters. The van der Waals surface area contributed by atoms with Gasteiger partial charge < -0.3 is 19.7 Å². The van der Waals surface area contributed by atoms with Gasteiger partial charge in [0.1, 0.15) is 25.8 Å². The zero-order valence-electron chi connectivity index (χ0n) is 24.8. The van der Waals surface area contributed by atoms with E-state index in [-0.39, 0.29) is 23.0 Å². The zero-order chi connectivity index (χ0) is 30.5. The van der Waals surface area contributed by atoms with Gasteiger partial charge in [-0.05, 0) is 69.5 Å². The van der Waals surface area contributed by atoms with Crippen LogP contribution in [0.25, 0.3) is 0 Å². The van der Waals surface area contributed by atoms with Gasteiger partial charge in [0.05, 0.1) is 10.6 Å². The molecule has 3 aromatic carbocycles. The first kappa shape index (κ1) is 30.9. The van der Waals surface area contributed by atoms with Crippen LogP contribution in [0.4, 0.5) is 5.69 Å². The lowest BCUT2D eigenvalue weighted by Gasteiger charge is -2.35. The van der Waals surface area contributed by atoms with Gasteiger partial charge in [-0.2, -0.15) is 0 Å². The minimum absolute atomic E-state index is 0.0376. The minimum atomic E-state index is -4.18. The van der Waals surface area contributed by atoms with Crippen molar-refractivity contribution in [1.82, 2.24) is 10.2 Å². The number of hydrogen-bond donors (Lipinski definition) is 1. The Bertz CT molecular complexity index is 1520. The van der Waals surface area contributed by atoms with Gasteiger partial charge in [-0.3, -0.25) is 13.9 Å². The van der Waals surface area contributed by atoms with Gasteiger partial charge in [0.2, 0.25) is 11.8 Å². The third kappa shape index (κ3) is 7.23. The number of sulfonamides is 1. The van der Waals surface area contributed by atoms with Crippen LogP contribution in [0.3, 0.4) is 0 Å². The Kier molecular flexibility index (Phi) is 9.46. The fourth-order valence-corrected chi connectivity index (χ4v) is 6.21. The van der Waals surface area contributed by atoms with E-state index in [1.165, 1.54) is 17.0 Å². The number of carbonyl (C=O) groups is 2. The standard InChI is InChI=1S/C32H39N3O6S/c1-6-27(31(37)33-32(3,4)5)34(21-24-13-11-10-12-23(24)2)30(36)22-35(42(38,39)26-14-8-7-9-15-26)25-16-17-28-29(20-25)41-19-18-40-28/h7-17,20,27H,6,18-19,21-22H2,1-5H3,(H,33,37)/t27-/m1/s1. The van der Waals surface area contributed by atoms with Crippen molar-refractivity contribution < 1.29 is 27.5 Å². The predicted octanol–water partition coefficient (Wildman–Crippen LogP) is 4.68. The number of ether oxygens (including phenoxy) is 2. The van der Waals surface area contributed by atoms with Crippen LogP contribution >= 0.6 is 0 Å². The monoisotopic (exact) mass is 593 g/mol. The van der Waals surface area contributed by atoms with Crippen molar-refractivity contribution in [2.24, 2.45) is 0 Å². The van der Waals surface area contributed by atoms with Crippen molar-refractivity contribution in [3.05, 3.63) is 83.9 Å². The van der Waals surface area contributed by atoms with E-state index in [4.69, 9.17) is 9.47 Å². The normalized spacial score (nSPS) is 13.6. The number of nitrogens with one attached hydrogen (secondary N) is 1. The third-order valence-corrected chi connectivity index (χ3v) is 8.70. The van der Waals surface area contributed by atoms with Crippen LogP contribution in [0, 0.1) is 6.92 Å². The van der Waals surface area contributed by atoms with Gasteiger partial charge in [0.25, 0.3) is 10.0 Å². The average molecular weight is 594 g/mol. The number of fused-ring (bicyclic) bond motifs is 1. The molecule has 9 nitrogen and oxygen atoms in total. The van der Waals surface area contributed by atoms with E-state index in [2.05, 4.69) is 5.32 Å². The van der Waals surface area contributed by atoms with Gasteiger partial charge in [-0.25, -0.2) is 8.42 Å². The molecule has 2 amide bonds. The maximum Gasteiger partial charge on any atom is 0.264 e. The molecule has 0 radical (unpaired) electrons. The molecule has 4 rings (SSSR count). The first-order valence-electron chi connectivity index (χ1n) is 14.0. The third-order valence-electron chi connectivity index (χ3n) is 6.91. The second-order valence-corrected chi connectivity index (χ2v) is 13.1. The van der Waals surface area contributed by atoms with E-state index in [0.717, 1.165) is 15.4 Å². The van der Waals surface area contributed by atoms with Crippen LogP contribution in [0.5, 0.6) is 11.5 Å². The Morgan fingerprint density at radius 3 is 2.21 bits per heavy atom. The second kappa shape index (κ2) is 12.9. The quantitative estimate of drug-likeness (QED) is 0.366. The van der Waals surface area contributed by atoms with Crippen LogP contribution in [-0.2, 0) is 26.2 Å². The first-order valence-corrected chi connectivity index (χ1v) is 15.5. The molecular formula is C32H39N3O6S. The molecule has 10 heteroatoms. The zero-order valence-corrected chi connectivity index (χ0v) is 25.6. The predicted molar refractivity (Wildman–Crippen MR) is 162 cm³/mol. The Balaban J connectivity index is 1.77. The van der Waals surface area contributed by atoms with E-state index < -0.39 is 34.1 Å². The van der Waals surface area contributed by atoms with Gasteiger partial charge in [0, 0.05) is 18.2 Å². The molecule has 1 aliphatic rings. The van der Waals surface area contributed by atoms with Crippen LogP contribution in [-0.4, -0.2) is 56.5 Å². The van der Waals surface area contributed by atoms with E-state index >= 15 is 0 Å². The smallest absolute Gasteiger partial charge is 0.264 e. The Morgan fingerprint density at radius 1 is 0.929 bits per heavy atom. The number of anilines is 1. The molecule has 1 atom stereocenters. The molecule has 1 aliphatic heterocycles. The lowest BCUT2D eigenvalue weighted by molar-refractivity contribution is -0.141. The van der Waals surface area contributed by atoms with Crippen LogP contribution in [0.2, 0.25) is 0 Å². The molecule has 0 bridgehead atoms. The van der Waals surface area contributed by atoms with Crippen molar-refractivity contribution in [2.45, 2.75) is 64.1 Å².